The molecule has 0 aromatic carbocycles. The summed E-state index contributed by atoms with van der Waals surface area (Å²) in [5.41, 5.74) is 0. The second-order valence-corrected chi connectivity index (χ2v) is 3.63. The van der Waals surface area contributed by atoms with Crippen molar-refractivity contribution in [3.05, 3.63) is 0 Å². The molecule has 0 aromatic rings. The standard InChI is InChI=1S/C11H21N/c1-5-7-8-11(12-6-2)9-10(3)4/h1,10-12H,6-9H2,2-4H3. The predicted molar refractivity (Wildman–Crippen MR) is 55.0 cm³/mol. The summed E-state index contributed by atoms with van der Waals surface area (Å²) in [6, 6.07) is 0.617. The number of hydrogen-bond donors (Lipinski definition) is 1. The van der Waals surface area contributed by atoms with Gasteiger partial charge in [-0.25, -0.2) is 0 Å². The highest BCUT2D eigenvalue weighted by Gasteiger charge is 2.07. The molecule has 0 fully saturated rings. The molecule has 0 amide bonds. The van der Waals surface area contributed by atoms with E-state index in [1.807, 2.05) is 0 Å². The van der Waals surface area contributed by atoms with Gasteiger partial charge in [0.25, 0.3) is 0 Å². The van der Waals surface area contributed by atoms with Crippen LogP contribution in [-0.4, -0.2) is 12.6 Å². The molecule has 0 spiro atoms. The van der Waals surface area contributed by atoms with E-state index in [1.165, 1.54) is 6.42 Å². The monoisotopic (exact) mass is 167 g/mol. The summed E-state index contributed by atoms with van der Waals surface area (Å²) in [4.78, 5) is 0. The van der Waals surface area contributed by atoms with Crippen molar-refractivity contribution in [1.82, 2.24) is 5.32 Å². The van der Waals surface area contributed by atoms with Crippen molar-refractivity contribution in [3.8, 4) is 12.3 Å². The summed E-state index contributed by atoms with van der Waals surface area (Å²) in [7, 11) is 0. The normalized spacial score (nSPS) is 12.9. The first-order chi connectivity index (χ1) is 5.70. The van der Waals surface area contributed by atoms with Gasteiger partial charge in [0.2, 0.25) is 0 Å². The van der Waals surface area contributed by atoms with Gasteiger partial charge in [0.05, 0.1) is 0 Å². The van der Waals surface area contributed by atoms with Gasteiger partial charge in [-0.15, -0.1) is 12.3 Å². The van der Waals surface area contributed by atoms with E-state index in [9.17, 15) is 0 Å². The lowest BCUT2D eigenvalue weighted by Crippen LogP contribution is -2.30. The van der Waals surface area contributed by atoms with Gasteiger partial charge in [0, 0.05) is 12.5 Å². The maximum atomic E-state index is 5.23. The molecule has 1 atom stereocenters. The van der Waals surface area contributed by atoms with Crippen LogP contribution in [0.5, 0.6) is 0 Å². The summed E-state index contributed by atoms with van der Waals surface area (Å²) < 4.78 is 0. The lowest BCUT2D eigenvalue weighted by Gasteiger charge is -2.18. The Kier molecular flexibility index (Phi) is 6.90. The topological polar surface area (TPSA) is 12.0 Å². The van der Waals surface area contributed by atoms with Gasteiger partial charge >= 0.3 is 0 Å². The summed E-state index contributed by atoms with van der Waals surface area (Å²) in [5.74, 6) is 3.45. The zero-order valence-electron chi connectivity index (χ0n) is 8.56. The molecule has 0 aliphatic heterocycles. The quantitative estimate of drug-likeness (QED) is 0.599. The number of nitrogens with one attached hydrogen (secondary N) is 1. The molecule has 0 saturated carbocycles. The van der Waals surface area contributed by atoms with Crippen LogP contribution in [0.1, 0.15) is 40.0 Å². The van der Waals surface area contributed by atoms with Crippen LogP contribution in [0.15, 0.2) is 0 Å². The number of rotatable bonds is 6. The van der Waals surface area contributed by atoms with E-state index in [0.29, 0.717) is 6.04 Å². The Morgan fingerprint density at radius 2 is 2.08 bits per heavy atom. The van der Waals surface area contributed by atoms with Crippen molar-refractivity contribution in [1.29, 1.82) is 0 Å². The Balaban J connectivity index is 3.63. The molecule has 0 aliphatic carbocycles. The van der Waals surface area contributed by atoms with E-state index in [-0.39, 0.29) is 0 Å². The lowest BCUT2D eigenvalue weighted by molar-refractivity contribution is 0.409. The Morgan fingerprint density at radius 3 is 2.50 bits per heavy atom. The highest BCUT2D eigenvalue weighted by Crippen LogP contribution is 2.09. The van der Waals surface area contributed by atoms with Gasteiger partial charge in [-0.1, -0.05) is 20.8 Å². The average molecular weight is 167 g/mol. The van der Waals surface area contributed by atoms with Crippen LogP contribution < -0.4 is 5.32 Å². The van der Waals surface area contributed by atoms with Crippen molar-refractivity contribution in [2.75, 3.05) is 6.54 Å². The van der Waals surface area contributed by atoms with E-state index in [4.69, 9.17) is 6.42 Å². The van der Waals surface area contributed by atoms with Crippen LogP contribution in [0.2, 0.25) is 0 Å². The third-order valence-corrected chi connectivity index (χ3v) is 1.89. The molecule has 0 aliphatic rings. The van der Waals surface area contributed by atoms with E-state index in [0.717, 1.165) is 25.3 Å². The summed E-state index contributed by atoms with van der Waals surface area (Å²) in [6.07, 6.45) is 8.46. The fraction of sp³-hybridized carbons (Fsp3) is 0.818. The Labute approximate surface area is 76.9 Å². The van der Waals surface area contributed by atoms with Gasteiger partial charge in [-0.05, 0) is 25.3 Å². The Morgan fingerprint density at radius 1 is 1.42 bits per heavy atom. The fourth-order valence-electron chi connectivity index (χ4n) is 1.42. The minimum absolute atomic E-state index is 0.617. The molecule has 0 radical (unpaired) electrons. The van der Waals surface area contributed by atoms with Crippen molar-refractivity contribution in [2.24, 2.45) is 5.92 Å². The van der Waals surface area contributed by atoms with Crippen molar-refractivity contribution >= 4 is 0 Å². The maximum absolute atomic E-state index is 5.23. The second-order valence-electron chi connectivity index (χ2n) is 3.63. The number of hydrogen-bond acceptors (Lipinski definition) is 1. The Hall–Kier alpha value is -0.480. The van der Waals surface area contributed by atoms with Gasteiger partial charge in [-0.2, -0.15) is 0 Å². The minimum atomic E-state index is 0.617. The molecular formula is C11H21N. The van der Waals surface area contributed by atoms with E-state index < -0.39 is 0 Å². The molecule has 0 saturated heterocycles. The minimum Gasteiger partial charge on any atom is -0.314 e. The lowest BCUT2D eigenvalue weighted by atomic mass is 10.00. The van der Waals surface area contributed by atoms with Crippen LogP contribution >= 0.6 is 0 Å². The van der Waals surface area contributed by atoms with Crippen LogP contribution in [0.25, 0.3) is 0 Å². The molecule has 1 unspecified atom stereocenters. The molecule has 70 valence electrons. The average Bonchev–Trinajstić information content (AvgIpc) is 2.00. The second kappa shape index (κ2) is 7.18. The molecular weight excluding hydrogens is 146 g/mol. The van der Waals surface area contributed by atoms with Crippen molar-refractivity contribution in [2.45, 2.75) is 46.1 Å². The molecule has 0 heterocycles. The van der Waals surface area contributed by atoms with E-state index >= 15 is 0 Å². The van der Waals surface area contributed by atoms with Crippen LogP contribution in [0, 0.1) is 18.3 Å². The van der Waals surface area contributed by atoms with Gasteiger partial charge in [-0.3, -0.25) is 0 Å². The molecule has 1 nitrogen and oxygen atoms in total. The van der Waals surface area contributed by atoms with Gasteiger partial charge in [0.15, 0.2) is 0 Å². The first kappa shape index (κ1) is 11.5. The fourth-order valence-corrected chi connectivity index (χ4v) is 1.42. The highest BCUT2D eigenvalue weighted by atomic mass is 14.9. The third kappa shape index (κ3) is 6.24. The molecule has 12 heavy (non-hydrogen) atoms. The zero-order valence-corrected chi connectivity index (χ0v) is 8.56. The largest absolute Gasteiger partial charge is 0.314 e. The van der Waals surface area contributed by atoms with Crippen LogP contribution in [0.4, 0.5) is 0 Å². The summed E-state index contributed by atoms with van der Waals surface area (Å²) in [5, 5.41) is 3.45. The zero-order chi connectivity index (χ0) is 9.40. The summed E-state index contributed by atoms with van der Waals surface area (Å²) >= 11 is 0. The molecule has 0 bridgehead atoms. The first-order valence-corrected chi connectivity index (χ1v) is 4.87. The molecule has 0 rings (SSSR count). The van der Waals surface area contributed by atoms with Crippen LogP contribution in [0.3, 0.4) is 0 Å². The molecule has 0 aromatic heterocycles. The van der Waals surface area contributed by atoms with Crippen LogP contribution in [-0.2, 0) is 0 Å². The smallest absolute Gasteiger partial charge is 0.0101 e. The first-order valence-electron chi connectivity index (χ1n) is 4.87. The SMILES string of the molecule is C#CCCC(CC(C)C)NCC. The highest BCUT2D eigenvalue weighted by molar-refractivity contribution is 4.85. The molecule has 1 heteroatoms. The third-order valence-electron chi connectivity index (χ3n) is 1.89. The molecule has 1 N–H and O–H groups in total. The summed E-state index contributed by atoms with van der Waals surface area (Å²) in [6.45, 7) is 7.69. The van der Waals surface area contributed by atoms with Gasteiger partial charge in [0.1, 0.15) is 0 Å². The maximum Gasteiger partial charge on any atom is 0.0101 e. The predicted octanol–water partition coefficient (Wildman–Crippen LogP) is 2.42. The van der Waals surface area contributed by atoms with E-state index in [2.05, 4.69) is 32.0 Å². The van der Waals surface area contributed by atoms with Crippen molar-refractivity contribution in [3.63, 3.8) is 0 Å². The number of terminal acetylenes is 1. The van der Waals surface area contributed by atoms with Crippen molar-refractivity contribution < 1.29 is 0 Å². The van der Waals surface area contributed by atoms with Gasteiger partial charge < -0.3 is 5.32 Å². The van der Waals surface area contributed by atoms with E-state index in [1.54, 1.807) is 0 Å². The Bertz CT molecular complexity index is 132.